The molecule has 2 aliphatic carbocycles. The van der Waals surface area contributed by atoms with Gasteiger partial charge in [-0.2, -0.15) is 0 Å². The van der Waals surface area contributed by atoms with Gasteiger partial charge in [0.2, 0.25) is 0 Å². The van der Waals surface area contributed by atoms with E-state index in [1.165, 1.54) is 49.0 Å². The van der Waals surface area contributed by atoms with Crippen LogP contribution < -0.4 is 0 Å². The van der Waals surface area contributed by atoms with Crippen LogP contribution in [0.15, 0.2) is 42.6 Å². The first-order valence-corrected chi connectivity index (χ1v) is 15.7. The van der Waals surface area contributed by atoms with Gasteiger partial charge >= 0.3 is 0 Å². The monoisotopic (exact) mass is 428 g/mol. The Morgan fingerprint density at radius 2 is 2.00 bits per heavy atom. The molecule has 162 valence electrons. The molecule has 0 spiro atoms. The molecule has 1 unspecified atom stereocenters. The van der Waals surface area contributed by atoms with E-state index < -0.39 is 8.07 Å². The van der Waals surface area contributed by atoms with E-state index in [4.69, 9.17) is 4.98 Å². The van der Waals surface area contributed by atoms with E-state index in [1.54, 1.807) is 0 Å². The number of pyridine rings is 1. The van der Waals surface area contributed by atoms with Crippen molar-refractivity contribution in [1.82, 2.24) is 9.88 Å². The number of rotatable bonds is 2. The molecular weight excluding hydrogens is 392 g/mol. The lowest BCUT2D eigenvalue weighted by molar-refractivity contribution is -0.0968. The first-order chi connectivity index (χ1) is 14.8. The van der Waals surface area contributed by atoms with Crippen molar-refractivity contribution in [3.63, 3.8) is 0 Å². The van der Waals surface area contributed by atoms with Crippen molar-refractivity contribution in [3.05, 3.63) is 65.0 Å². The van der Waals surface area contributed by atoms with Gasteiger partial charge in [-0.1, -0.05) is 62.8 Å². The van der Waals surface area contributed by atoms with E-state index in [-0.39, 0.29) is 5.54 Å². The molecule has 0 N–H and O–H groups in total. The third-order valence-corrected chi connectivity index (χ3v) is 8.62. The molecule has 2 bridgehead atoms. The molecule has 2 nitrogen and oxygen atoms in total. The van der Waals surface area contributed by atoms with E-state index in [2.05, 4.69) is 79.3 Å². The fourth-order valence-corrected chi connectivity index (χ4v) is 7.23. The summed E-state index contributed by atoms with van der Waals surface area (Å²) in [4.78, 5) is 7.88. The van der Waals surface area contributed by atoms with Crippen molar-refractivity contribution < 1.29 is 0 Å². The van der Waals surface area contributed by atoms with Gasteiger partial charge < -0.3 is 0 Å². The van der Waals surface area contributed by atoms with Crippen LogP contribution in [-0.2, 0) is 18.5 Å². The lowest BCUT2D eigenvalue weighted by Gasteiger charge is -2.61. The zero-order chi connectivity index (χ0) is 21.6. The van der Waals surface area contributed by atoms with E-state index in [1.807, 2.05) is 6.20 Å². The standard InChI is InChI=1S/C28H36N2Si/c1-21-15-24-17-27-26(16-23(19-29-27)12-14-31(2,3)4)28(18-21)25(24)11-8-13-30(28)20-22-9-6-5-7-10-22/h5-7,9-10,16,19,21,24-25H,8,11,13,15,17-18,20H2,1-4H3/t21-,24+,25?,28-/m1/s1. The molecule has 1 aliphatic heterocycles. The van der Waals surface area contributed by atoms with Gasteiger partial charge in [0.25, 0.3) is 0 Å². The Morgan fingerprint density at radius 1 is 1.19 bits per heavy atom. The number of piperidine rings is 1. The van der Waals surface area contributed by atoms with E-state index in [0.717, 1.165) is 36.3 Å². The highest BCUT2D eigenvalue weighted by molar-refractivity contribution is 6.83. The molecule has 5 rings (SSSR count). The third kappa shape index (κ3) is 3.90. The average Bonchev–Trinajstić information content (AvgIpc) is 2.73. The first-order valence-electron chi connectivity index (χ1n) is 12.2. The second kappa shape index (κ2) is 7.91. The van der Waals surface area contributed by atoms with Crippen molar-refractivity contribution in [2.24, 2.45) is 17.8 Å². The minimum Gasteiger partial charge on any atom is -0.289 e. The molecule has 0 radical (unpaired) electrons. The van der Waals surface area contributed by atoms with Crippen LogP contribution in [0.5, 0.6) is 0 Å². The Labute approximate surface area is 189 Å². The molecule has 4 atom stereocenters. The van der Waals surface area contributed by atoms with Gasteiger partial charge in [-0.15, -0.1) is 5.54 Å². The fourth-order valence-electron chi connectivity index (χ4n) is 6.71. The molecule has 0 amide bonds. The Morgan fingerprint density at radius 3 is 2.77 bits per heavy atom. The van der Waals surface area contributed by atoms with Gasteiger partial charge in [-0.25, -0.2) is 0 Å². The summed E-state index contributed by atoms with van der Waals surface area (Å²) in [6, 6.07) is 13.5. The van der Waals surface area contributed by atoms with Crippen LogP contribution >= 0.6 is 0 Å². The van der Waals surface area contributed by atoms with E-state index in [0.29, 0.717) is 0 Å². The minimum atomic E-state index is -1.41. The first kappa shape index (κ1) is 21.0. The Bertz CT molecular complexity index is 1010. The lowest BCUT2D eigenvalue weighted by atomic mass is 9.53. The van der Waals surface area contributed by atoms with Crippen molar-refractivity contribution in [3.8, 4) is 11.5 Å². The second-order valence-electron chi connectivity index (χ2n) is 11.3. The van der Waals surface area contributed by atoms with Crippen molar-refractivity contribution in [2.45, 2.75) is 70.8 Å². The molecule has 31 heavy (non-hydrogen) atoms. The van der Waals surface area contributed by atoms with Crippen LogP contribution in [0.4, 0.5) is 0 Å². The molecule has 1 aromatic carbocycles. The molecule has 1 aromatic heterocycles. The van der Waals surface area contributed by atoms with Crippen LogP contribution in [0.3, 0.4) is 0 Å². The van der Waals surface area contributed by atoms with Crippen molar-refractivity contribution in [2.75, 3.05) is 6.54 Å². The van der Waals surface area contributed by atoms with Gasteiger partial charge in [0.15, 0.2) is 0 Å². The quantitative estimate of drug-likeness (QED) is 0.429. The summed E-state index contributed by atoms with van der Waals surface area (Å²) < 4.78 is 0. The number of aromatic nitrogens is 1. The molecule has 3 heteroatoms. The fraction of sp³-hybridized carbons (Fsp3) is 0.536. The SMILES string of the molecule is C[C@@H]1C[C@H]2Cc3ncc(C#C[Si](C)(C)C)cc3[C@@]3(C1)C2CCCN3Cc1ccccc1. The predicted molar refractivity (Wildman–Crippen MR) is 131 cm³/mol. The highest BCUT2D eigenvalue weighted by atomic mass is 28.3. The number of hydrogen-bond acceptors (Lipinski definition) is 2. The van der Waals surface area contributed by atoms with Gasteiger partial charge in [-0.3, -0.25) is 9.88 Å². The van der Waals surface area contributed by atoms with Crippen LogP contribution in [0, 0.1) is 29.2 Å². The molecule has 2 aromatic rings. The summed E-state index contributed by atoms with van der Waals surface area (Å²) >= 11 is 0. The smallest absolute Gasteiger partial charge is 0.129 e. The van der Waals surface area contributed by atoms with Crippen LogP contribution in [0.1, 0.15) is 55.0 Å². The van der Waals surface area contributed by atoms with Crippen LogP contribution in [0.2, 0.25) is 19.6 Å². The maximum Gasteiger partial charge on any atom is 0.129 e. The molecular formula is C28H36N2Si. The Balaban J connectivity index is 1.63. The van der Waals surface area contributed by atoms with Crippen LogP contribution in [-0.4, -0.2) is 24.5 Å². The summed E-state index contributed by atoms with van der Waals surface area (Å²) in [5, 5.41) is 0. The number of benzene rings is 1. The molecule has 2 heterocycles. The molecule has 1 saturated heterocycles. The summed E-state index contributed by atoms with van der Waals surface area (Å²) in [5.74, 6) is 5.81. The van der Waals surface area contributed by atoms with E-state index >= 15 is 0 Å². The number of fused-ring (bicyclic) bond motifs is 1. The molecule has 2 fully saturated rings. The topological polar surface area (TPSA) is 16.1 Å². The van der Waals surface area contributed by atoms with Gasteiger partial charge in [0, 0.05) is 24.0 Å². The summed E-state index contributed by atoms with van der Waals surface area (Å²) in [6.07, 6.45) is 8.53. The normalized spacial score (nSPS) is 30.0. The van der Waals surface area contributed by atoms with Gasteiger partial charge in [0.1, 0.15) is 8.07 Å². The summed E-state index contributed by atoms with van der Waals surface area (Å²) in [6.45, 7) is 11.7. The minimum absolute atomic E-state index is 0.133. The largest absolute Gasteiger partial charge is 0.289 e. The average molecular weight is 429 g/mol. The van der Waals surface area contributed by atoms with E-state index in [9.17, 15) is 0 Å². The predicted octanol–water partition coefficient (Wildman–Crippen LogP) is 6.02. The Kier molecular flexibility index (Phi) is 5.35. The second-order valence-corrected chi connectivity index (χ2v) is 16.1. The van der Waals surface area contributed by atoms with Crippen LogP contribution in [0.25, 0.3) is 0 Å². The number of likely N-dealkylation sites (tertiary alicyclic amines) is 1. The lowest BCUT2D eigenvalue weighted by Crippen LogP contribution is -2.61. The Hall–Kier alpha value is -1.89. The summed E-state index contributed by atoms with van der Waals surface area (Å²) in [7, 11) is -1.41. The van der Waals surface area contributed by atoms with Crippen molar-refractivity contribution >= 4 is 8.07 Å². The highest BCUT2D eigenvalue weighted by Crippen LogP contribution is 2.59. The highest BCUT2D eigenvalue weighted by Gasteiger charge is 2.57. The maximum absolute atomic E-state index is 5.04. The third-order valence-electron chi connectivity index (χ3n) is 7.74. The zero-order valence-corrected chi connectivity index (χ0v) is 20.6. The summed E-state index contributed by atoms with van der Waals surface area (Å²) in [5.41, 5.74) is 9.12. The number of hydrogen-bond donors (Lipinski definition) is 0. The zero-order valence-electron chi connectivity index (χ0n) is 19.6. The van der Waals surface area contributed by atoms with Gasteiger partial charge in [-0.05, 0) is 73.6 Å². The van der Waals surface area contributed by atoms with Crippen molar-refractivity contribution in [1.29, 1.82) is 0 Å². The molecule has 1 saturated carbocycles. The number of nitrogens with zero attached hydrogens (tertiary/aromatic N) is 2. The molecule has 3 aliphatic rings. The van der Waals surface area contributed by atoms with Gasteiger partial charge in [0.05, 0.1) is 5.54 Å². The maximum atomic E-state index is 5.04.